The maximum absolute atomic E-state index is 12.1. The number of nitro groups is 1. The molecule has 0 unspecified atom stereocenters. The van der Waals surface area contributed by atoms with Crippen LogP contribution in [-0.4, -0.2) is 33.3 Å². The van der Waals surface area contributed by atoms with Gasteiger partial charge in [-0.15, -0.1) is 0 Å². The number of fused-ring (bicyclic) bond motifs is 1. The fourth-order valence-electron chi connectivity index (χ4n) is 3.04. The lowest BCUT2D eigenvalue weighted by molar-refractivity contribution is -0.385. The first-order valence-corrected chi connectivity index (χ1v) is 9.58. The van der Waals surface area contributed by atoms with E-state index in [4.69, 9.17) is 4.74 Å². The van der Waals surface area contributed by atoms with E-state index in [2.05, 4.69) is 0 Å². The number of non-ortho nitro benzene ring substituents is 1. The average Bonchev–Trinajstić information content (AvgIpc) is 2.59. The third kappa shape index (κ3) is 3.43. The van der Waals surface area contributed by atoms with Gasteiger partial charge in [-0.3, -0.25) is 10.1 Å². The Labute approximate surface area is 145 Å². The highest BCUT2D eigenvalue weighted by molar-refractivity contribution is 7.90. The first kappa shape index (κ1) is 17.2. The van der Waals surface area contributed by atoms with E-state index in [0.717, 1.165) is 30.1 Å². The van der Waals surface area contributed by atoms with Gasteiger partial charge in [0.1, 0.15) is 5.75 Å². The summed E-state index contributed by atoms with van der Waals surface area (Å²) in [5.74, 6) is 0.743. The quantitative estimate of drug-likeness (QED) is 0.613. The minimum atomic E-state index is -3.60. The molecule has 8 heteroatoms. The van der Waals surface area contributed by atoms with Gasteiger partial charge < -0.3 is 9.64 Å². The van der Waals surface area contributed by atoms with E-state index in [9.17, 15) is 18.5 Å². The first-order chi connectivity index (χ1) is 11.8. The molecule has 3 rings (SSSR count). The SMILES string of the molecule is COc1ccc2c(c1)CN(c1ccc([N+](=O)[O-])cc1S(C)(=O)=O)CC2. The van der Waals surface area contributed by atoms with Crippen LogP contribution in [0, 0.1) is 10.1 Å². The number of hydrogen-bond donors (Lipinski definition) is 0. The summed E-state index contributed by atoms with van der Waals surface area (Å²) >= 11 is 0. The summed E-state index contributed by atoms with van der Waals surface area (Å²) in [6.07, 6.45) is 1.83. The Morgan fingerprint density at radius 1 is 1.16 bits per heavy atom. The molecule has 0 aliphatic carbocycles. The van der Waals surface area contributed by atoms with Crippen molar-refractivity contribution in [2.75, 3.05) is 24.8 Å². The standard InChI is InChI=1S/C17H18N2O5S/c1-24-15-5-3-12-7-8-18(11-13(12)9-15)16-6-4-14(19(20)21)10-17(16)25(2,22)23/h3-6,9-10H,7-8,11H2,1-2H3. The second kappa shape index (κ2) is 6.36. The molecule has 0 bridgehead atoms. The van der Waals surface area contributed by atoms with Crippen molar-refractivity contribution in [2.45, 2.75) is 17.9 Å². The van der Waals surface area contributed by atoms with Crippen LogP contribution < -0.4 is 9.64 Å². The topological polar surface area (TPSA) is 89.8 Å². The van der Waals surface area contributed by atoms with Crippen LogP contribution >= 0.6 is 0 Å². The maximum atomic E-state index is 12.1. The number of hydrogen-bond acceptors (Lipinski definition) is 6. The summed E-state index contributed by atoms with van der Waals surface area (Å²) in [6, 6.07) is 9.84. The number of nitro benzene ring substituents is 1. The molecule has 7 nitrogen and oxygen atoms in total. The van der Waals surface area contributed by atoms with E-state index in [1.54, 1.807) is 7.11 Å². The van der Waals surface area contributed by atoms with Crippen LogP contribution in [0.2, 0.25) is 0 Å². The molecule has 0 fully saturated rings. The second-order valence-corrected chi connectivity index (χ2v) is 7.97. The van der Waals surface area contributed by atoms with Gasteiger partial charge in [-0.05, 0) is 35.7 Å². The van der Waals surface area contributed by atoms with Crippen molar-refractivity contribution in [3.05, 3.63) is 57.6 Å². The third-order valence-corrected chi connectivity index (χ3v) is 5.45. The van der Waals surface area contributed by atoms with E-state index in [1.165, 1.54) is 17.7 Å². The van der Waals surface area contributed by atoms with E-state index < -0.39 is 14.8 Å². The lowest BCUT2D eigenvalue weighted by Crippen LogP contribution is -2.31. The molecule has 132 valence electrons. The van der Waals surface area contributed by atoms with Gasteiger partial charge in [0.15, 0.2) is 9.84 Å². The summed E-state index contributed by atoms with van der Waals surface area (Å²) in [5, 5.41) is 11.0. The molecular weight excluding hydrogens is 344 g/mol. The first-order valence-electron chi connectivity index (χ1n) is 7.69. The van der Waals surface area contributed by atoms with Crippen molar-refractivity contribution in [1.29, 1.82) is 0 Å². The van der Waals surface area contributed by atoms with Gasteiger partial charge >= 0.3 is 0 Å². The van der Waals surface area contributed by atoms with E-state index in [0.29, 0.717) is 18.8 Å². The Bertz CT molecular complexity index is 940. The zero-order valence-electron chi connectivity index (χ0n) is 13.9. The van der Waals surface area contributed by atoms with Gasteiger partial charge in [0, 0.05) is 31.5 Å². The molecule has 0 aromatic heterocycles. The van der Waals surface area contributed by atoms with Crippen LogP contribution in [0.5, 0.6) is 5.75 Å². The summed E-state index contributed by atoms with van der Waals surface area (Å²) in [5.41, 5.74) is 2.51. The zero-order valence-corrected chi connectivity index (χ0v) is 14.7. The molecule has 0 amide bonds. The Hall–Kier alpha value is -2.61. The number of sulfone groups is 1. The van der Waals surface area contributed by atoms with E-state index in [-0.39, 0.29) is 10.6 Å². The molecule has 0 saturated heterocycles. The lowest BCUT2D eigenvalue weighted by Gasteiger charge is -2.32. The van der Waals surface area contributed by atoms with Crippen molar-refractivity contribution in [3.8, 4) is 5.75 Å². The summed E-state index contributed by atoms with van der Waals surface area (Å²) < 4.78 is 29.5. The molecule has 0 saturated carbocycles. The highest BCUT2D eigenvalue weighted by Crippen LogP contribution is 2.33. The van der Waals surface area contributed by atoms with Gasteiger partial charge in [-0.1, -0.05) is 6.07 Å². The number of ether oxygens (including phenoxy) is 1. The number of benzene rings is 2. The zero-order chi connectivity index (χ0) is 18.2. The van der Waals surface area contributed by atoms with Crippen LogP contribution in [0.1, 0.15) is 11.1 Å². The molecule has 2 aromatic carbocycles. The minimum absolute atomic E-state index is 0.0203. The molecule has 25 heavy (non-hydrogen) atoms. The highest BCUT2D eigenvalue weighted by atomic mass is 32.2. The van der Waals surface area contributed by atoms with Crippen LogP contribution in [-0.2, 0) is 22.8 Å². The summed E-state index contributed by atoms with van der Waals surface area (Å²) in [6.45, 7) is 1.16. The number of rotatable bonds is 4. The Balaban J connectivity index is 2.03. The smallest absolute Gasteiger partial charge is 0.270 e. The molecule has 1 aliphatic rings. The maximum Gasteiger partial charge on any atom is 0.270 e. The summed E-state index contributed by atoms with van der Waals surface area (Å²) in [7, 11) is -2.00. The average molecular weight is 362 g/mol. The van der Waals surface area contributed by atoms with Crippen LogP contribution in [0.3, 0.4) is 0 Å². The second-order valence-electron chi connectivity index (χ2n) is 5.99. The van der Waals surface area contributed by atoms with E-state index >= 15 is 0 Å². The Morgan fingerprint density at radius 3 is 2.56 bits per heavy atom. The van der Waals surface area contributed by atoms with Crippen molar-refractivity contribution in [1.82, 2.24) is 0 Å². The van der Waals surface area contributed by atoms with Crippen LogP contribution in [0.4, 0.5) is 11.4 Å². The van der Waals surface area contributed by atoms with Gasteiger partial charge in [0.25, 0.3) is 5.69 Å². The molecule has 2 aromatic rings. The lowest BCUT2D eigenvalue weighted by atomic mass is 9.99. The predicted octanol–water partition coefficient (Wildman–Crippen LogP) is 2.57. The van der Waals surface area contributed by atoms with Crippen molar-refractivity contribution >= 4 is 21.2 Å². The third-order valence-electron chi connectivity index (χ3n) is 4.32. The number of methoxy groups -OCH3 is 1. The van der Waals surface area contributed by atoms with Crippen molar-refractivity contribution < 1.29 is 18.1 Å². The highest BCUT2D eigenvalue weighted by Gasteiger charge is 2.25. The minimum Gasteiger partial charge on any atom is -0.497 e. The normalized spacial score (nSPS) is 14.1. The molecule has 1 aliphatic heterocycles. The van der Waals surface area contributed by atoms with Gasteiger partial charge in [-0.2, -0.15) is 0 Å². The van der Waals surface area contributed by atoms with Gasteiger partial charge in [-0.25, -0.2) is 8.42 Å². The fraction of sp³-hybridized carbons (Fsp3) is 0.294. The molecular formula is C17H18N2O5S. The summed E-state index contributed by atoms with van der Waals surface area (Å²) in [4.78, 5) is 12.3. The van der Waals surface area contributed by atoms with Gasteiger partial charge in [0.05, 0.1) is 22.6 Å². The van der Waals surface area contributed by atoms with Crippen molar-refractivity contribution in [2.24, 2.45) is 0 Å². The molecule has 1 heterocycles. The molecule has 0 spiro atoms. The van der Waals surface area contributed by atoms with Gasteiger partial charge in [0.2, 0.25) is 0 Å². The molecule has 0 N–H and O–H groups in total. The van der Waals surface area contributed by atoms with Crippen LogP contribution in [0.25, 0.3) is 0 Å². The Kier molecular flexibility index (Phi) is 4.38. The predicted molar refractivity (Wildman–Crippen MR) is 94.0 cm³/mol. The molecule has 0 atom stereocenters. The monoisotopic (exact) mass is 362 g/mol. The number of nitrogens with zero attached hydrogens (tertiary/aromatic N) is 2. The largest absolute Gasteiger partial charge is 0.497 e. The van der Waals surface area contributed by atoms with Crippen LogP contribution in [0.15, 0.2) is 41.3 Å². The van der Waals surface area contributed by atoms with Crippen molar-refractivity contribution in [3.63, 3.8) is 0 Å². The fourth-order valence-corrected chi connectivity index (χ4v) is 3.95. The Morgan fingerprint density at radius 2 is 1.92 bits per heavy atom. The molecule has 0 radical (unpaired) electrons. The number of anilines is 1. The van der Waals surface area contributed by atoms with E-state index in [1.807, 2.05) is 23.1 Å².